The van der Waals surface area contributed by atoms with Crippen LogP contribution in [-0.4, -0.2) is 23.0 Å². The van der Waals surface area contributed by atoms with Crippen molar-refractivity contribution in [1.29, 1.82) is 0 Å². The summed E-state index contributed by atoms with van der Waals surface area (Å²) in [6, 6.07) is 10.3. The molecule has 1 aromatic rings. The van der Waals surface area contributed by atoms with Gasteiger partial charge in [-0.3, -0.25) is 10.1 Å². The molecule has 1 saturated heterocycles. The third-order valence-corrected chi connectivity index (χ3v) is 4.82. The minimum Gasteiger partial charge on any atom is -0.322 e. The Morgan fingerprint density at radius 2 is 1.90 bits per heavy atom. The van der Waals surface area contributed by atoms with E-state index in [9.17, 15) is 4.79 Å². The standard InChI is InChI=1S/C18H26N2O/c1-12(2)10-15-19-16(13-8-6-5-7-9-13)17(21)20(15)14-11-18(14,3)4/h5-9,12,14-16,19H,10-11H2,1-4H3. The van der Waals surface area contributed by atoms with Crippen LogP contribution in [0.2, 0.25) is 0 Å². The fourth-order valence-electron chi connectivity index (χ4n) is 3.44. The van der Waals surface area contributed by atoms with Crippen LogP contribution in [0.15, 0.2) is 30.3 Å². The molecular weight excluding hydrogens is 260 g/mol. The molecule has 0 bridgehead atoms. The van der Waals surface area contributed by atoms with Crippen molar-refractivity contribution in [1.82, 2.24) is 10.2 Å². The van der Waals surface area contributed by atoms with Gasteiger partial charge >= 0.3 is 0 Å². The molecule has 2 fully saturated rings. The molecule has 1 heterocycles. The van der Waals surface area contributed by atoms with Gasteiger partial charge in [-0.15, -0.1) is 0 Å². The van der Waals surface area contributed by atoms with Crippen LogP contribution >= 0.6 is 0 Å². The molecule has 3 nitrogen and oxygen atoms in total. The molecule has 3 unspecified atom stereocenters. The Labute approximate surface area is 127 Å². The van der Waals surface area contributed by atoms with Gasteiger partial charge in [0.15, 0.2) is 0 Å². The molecular formula is C18H26N2O. The molecule has 1 aliphatic carbocycles. The predicted molar refractivity (Wildman–Crippen MR) is 84.6 cm³/mol. The maximum atomic E-state index is 12.9. The van der Waals surface area contributed by atoms with E-state index >= 15 is 0 Å². The van der Waals surface area contributed by atoms with E-state index in [-0.39, 0.29) is 23.5 Å². The first-order chi connectivity index (χ1) is 9.90. The molecule has 1 N–H and O–H groups in total. The SMILES string of the molecule is CC(C)CC1NC(c2ccccc2)C(=O)N1C1CC1(C)C. The van der Waals surface area contributed by atoms with E-state index in [0.29, 0.717) is 12.0 Å². The number of hydrogen-bond acceptors (Lipinski definition) is 2. The van der Waals surface area contributed by atoms with Crippen molar-refractivity contribution in [3.05, 3.63) is 35.9 Å². The Hall–Kier alpha value is -1.35. The van der Waals surface area contributed by atoms with Crippen molar-refractivity contribution in [3.8, 4) is 0 Å². The highest BCUT2D eigenvalue weighted by Crippen LogP contribution is 2.51. The third-order valence-electron chi connectivity index (χ3n) is 4.82. The monoisotopic (exact) mass is 286 g/mol. The summed E-state index contributed by atoms with van der Waals surface area (Å²) in [5.41, 5.74) is 1.36. The van der Waals surface area contributed by atoms with E-state index < -0.39 is 0 Å². The number of nitrogens with zero attached hydrogens (tertiary/aromatic N) is 1. The third kappa shape index (κ3) is 2.71. The molecule has 3 rings (SSSR count). The molecule has 0 aromatic heterocycles. The summed E-state index contributed by atoms with van der Waals surface area (Å²) in [6.07, 6.45) is 2.31. The zero-order chi connectivity index (χ0) is 15.2. The summed E-state index contributed by atoms with van der Waals surface area (Å²) in [4.78, 5) is 15.1. The highest BCUT2D eigenvalue weighted by molar-refractivity contribution is 5.86. The van der Waals surface area contributed by atoms with Gasteiger partial charge in [-0.2, -0.15) is 0 Å². The molecule has 3 heteroatoms. The van der Waals surface area contributed by atoms with Crippen LogP contribution in [0.25, 0.3) is 0 Å². The number of carbonyl (C=O) groups is 1. The molecule has 21 heavy (non-hydrogen) atoms. The van der Waals surface area contributed by atoms with Crippen molar-refractivity contribution < 1.29 is 4.79 Å². The van der Waals surface area contributed by atoms with Gasteiger partial charge in [0.1, 0.15) is 6.04 Å². The number of hydrogen-bond donors (Lipinski definition) is 1. The summed E-state index contributed by atoms with van der Waals surface area (Å²) >= 11 is 0. The summed E-state index contributed by atoms with van der Waals surface area (Å²) < 4.78 is 0. The van der Waals surface area contributed by atoms with Crippen molar-refractivity contribution in [2.24, 2.45) is 11.3 Å². The molecule has 1 aromatic carbocycles. The van der Waals surface area contributed by atoms with E-state index in [1.165, 1.54) is 0 Å². The lowest BCUT2D eigenvalue weighted by atomic mass is 10.1. The Morgan fingerprint density at radius 3 is 2.43 bits per heavy atom. The number of carbonyl (C=O) groups excluding carboxylic acids is 1. The van der Waals surface area contributed by atoms with E-state index in [1.807, 2.05) is 30.3 Å². The smallest absolute Gasteiger partial charge is 0.245 e. The second-order valence-corrected chi connectivity index (χ2v) is 7.61. The Bertz CT molecular complexity index is 523. The van der Waals surface area contributed by atoms with E-state index in [1.54, 1.807) is 0 Å². The highest BCUT2D eigenvalue weighted by Gasteiger charge is 2.56. The minimum atomic E-state index is -0.175. The van der Waals surface area contributed by atoms with Crippen LogP contribution in [0.5, 0.6) is 0 Å². The number of benzene rings is 1. The maximum absolute atomic E-state index is 12.9. The average molecular weight is 286 g/mol. The molecule has 114 valence electrons. The van der Waals surface area contributed by atoms with Crippen molar-refractivity contribution in [3.63, 3.8) is 0 Å². The number of nitrogens with one attached hydrogen (secondary N) is 1. The van der Waals surface area contributed by atoms with Gasteiger partial charge in [-0.05, 0) is 29.7 Å². The molecule has 0 radical (unpaired) electrons. The minimum absolute atomic E-state index is 0.175. The van der Waals surface area contributed by atoms with Gasteiger partial charge in [-0.25, -0.2) is 0 Å². The van der Waals surface area contributed by atoms with Crippen LogP contribution in [0.4, 0.5) is 0 Å². The number of amides is 1. The zero-order valence-corrected chi connectivity index (χ0v) is 13.5. The fourth-order valence-corrected chi connectivity index (χ4v) is 3.44. The second-order valence-electron chi connectivity index (χ2n) is 7.61. The van der Waals surface area contributed by atoms with Gasteiger partial charge in [0.25, 0.3) is 0 Å². The van der Waals surface area contributed by atoms with Crippen molar-refractivity contribution in [2.75, 3.05) is 0 Å². The lowest BCUT2D eigenvalue weighted by molar-refractivity contribution is -0.131. The quantitative estimate of drug-likeness (QED) is 0.921. The predicted octanol–water partition coefficient (Wildman–Crippen LogP) is 3.33. The van der Waals surface area contributed by atoms with E-state index in [2.05, 4.69) is 37.9 Å². The van der Waals surface area contributed by atoms with Crippen LogP contribution in [-0.2, 0) is 4.79 Å². The van der Waals surface area contributed by atoms with Crippen LogP contribution in [0, 0.1) is 11.3 Å². The molecule has 1 saturated carbocycles. The molecule has 0 spiro atoms. The lowest BCUT2D eigenvalue weighted by Gasteiger charge is -2.27. The van der Waals surface area contributed by atoms with Crippen LogP contribution < -0.4 is 5.32 Å². The van der Waals surface area contributed by atoms with Gasteiger partial charge in [0.05, 0.1) is 6.17 Å². The fraction of sp³-hybridized carbons (Fsp3) is 0.611. The molecule has 1 aliphatic heterocycles. The van der Waals surface area contributed by atoms with Gasteiger partial charge in [0, 0.05) is 6.04 Å². The normalized spacial score (nSPS) is 31.0. The topological polar surface area (TPSA) is 32.3 Å². The van der Waals surface area contributed by atoms with E-state index in [0.717, 1.165) is 18.4 Å². The first-order valence-electron chi connectivity index (χ1n) is 8.03. The highest BCUT2D eigenvalue weighted by atomic mass is 16.2. The summed E-state index contributed by atoms with van der Waals surface area (Å²) in [7, 11) is 0. The Kier molecular flexibility index (Phi) is 3.56. The summed E-state index contributed by atoms with van der Waals surface area (Å²) in [5, 5.41) is 3.57. The van der Waals surface area contributed by atoms with Gasteiger partial charge in [0.2, 0.25) is 5.91 Å². The molecule has 3 atom stereocenters. The first-order valence-corrected chi connectivity index (χ1v) is 8.03. The number of rotatable bonds is 4. The van der Waals surface area contributed by atoms with Crippen LogP contribution in [0.3, 0.4) is 0 Å². The lowest BCUT2D eigenvalue weighted by Crippen LogP contribution is -2.41. The largest absolute Gasteiger partial charge is 0.322 e. The van der Waals surface area contributed by atoms with Gasteiger partial charge < -0.3 is 4.90 Å². The van der Waals surface area contributed by atoms with Crippen molar-refractivity contribution in [2.45, 2.75) is 58.8 Å². The van der Waals surface area contributed by atoms with Gasteiger partial charge in [-0.1, -0.05) is 58.0 Å². The Balaban J connectivity index is 1.85. The Morgan fingerprint density at radius 1 is 1.29 bits per heavy atom. The van der Waals surface area contributed by atoms with Crippen LogP contribution in [0.1, 0.15) is 52.1 Å². The summed E-state index contributed by atoms with van der Waals surface area (Å²) in [6.45, 7) is 8.96. The summed E-state index contributed by atoms with van der Waals surface area (Å²) in [5.74, 6) is 0.830. The molecule has 1 amide bonds. The maximum Gasteiger partial charge on any atom is 0.245 e. The average Bonchev–Trinajstić information content (AvgIpc) is 2.91. The second kappa shape index (κ2) is 5.13. The van der Waals surface area contributed by atoms with Crippen molar-refractivity contribution >= 4 is 5.91 Å². The first kappa shape index (κ1) is 14.6. The van der Waals surface area contributed by atoms with E-state index in [4.69, 9.17) is 0 Å². The zero-order valence-electron chi connectivity index (χ0n) is 13.5. The molecule has 2 aliphatic rings.